The molecule has 0 saturated carbocycles. The van der Waals surface area contributed by atoms with Crippen LogP contribution in [0.25, 0.3) is 0 Å². The van der Waals surface area contributed by atoms with Crippen LogP contribution < -0.4 is 16.2 Å². The Morgan fingerprint density at radius 2 is 1.31 bits per heavy atom. The SMILES string of the molecule is CC(C)(CO)CO.CC(C)(CO)COc1cccc(N)n1.Nc1cccc(Cl)n1. The van der Waals surface area contributed by atoms with E-state index in [0.29, 0.717) is 29.3 Å². The van der Waals surface area contributed by atoms with Crippen LogP contribution in [-0.4, -0.2) is 51.7 Å². The number of nitrogens with two attached hydrogens (primary N) is 2. The molecule has 0 saturated heterocycles. The lowest BCUT2D eigenvalue weighted by molar-refractivity contribution is 0.0857. The fourth-order valence-electron chi connectivity index (χ4n) is 1.30. The molecule has 8 nitrogen and oxygen atoms in total. The predicted octanol–water partition coefficient (Wildman–Crippen LogP) is 2.38. The van der Waals surface area contributed by atoms with Gasteiger partial charge >= 0.3 is 0 Å². The van der Waals surface area contributed by atoms with Crippen LogP contribution in [0.5, 0.6) is 5.88 Å². The Bertz CT molecular complexity index is 691. The molecule has 0 bridgehead atoms. The largest absolute Gasteiger partial charge is 0.477 e. The number of aromatic nitrogens is 2. The first-order valence-electron chi connectivity index (χ1n) is 9.00. The van der Waals surface area contributed by atoms with E-state index in [1.807, 2.05) is 13.8 Å². The number of halogens is 1. The van der Waals surface area contributed by atoms with E-state index in [9.17, 15) is 0 Å². The molecule has 9 heteroatoms. The van der Waals surface area contributed by atoms with Crippen LogP contribution in [-0.2, 0) is 0 Å². The maximum atomic E-state index is 9.00. The molecule has 0 unspecified atom stereocenters. The topological polar surface area (TPSA) is 148 Å². The molecule has 0 aliphatic carbocycles. The Kier molecular flexibility index (Phi) is 12.2. The summed E-state index contributed by atoms with van der Waals surface area (Å²) in [7, 11) is 0. The number of nitrogens with zero attached hydrogens (tertiary/aromatic N) is 2. The second-order valence-electron chi connectivity index (χ2n) is 7.88. The van der Waals surface area contributed by atoms with Crippen LogP contribution in [0, 0.1) is 10.8 Å². The van der Waals surface area contributed by atoms with E-state index in [1.54, 1.807) is 50.2 Å². The fourth-order valence-corrected chi connectivity index (χ4v) is 1.47. The second kappa shape index (κ2) is 13.2. The summed E-state index contributed by atoms with van der Waals surface area (Å²) in [6.45, 7) is 8.01. The van der Waals surface area contributed by atoms with Crippen molar-refractivity contribution in [1.82, 2.24) is 9.97 Å². The number of pyridine rings is 2. The van der Waals surface area contributed by atoms with Gasteiger partial charge in [0.05, 0.1) is 26.4 Å². The van der Waals surface area contributed by atoms with Gasteiger partial charge in [-0.3, -0.25) is 0 Å². The van der Waals surface area contributed by atoms with E-state index >= 15 is 0 Å². The molecule has 2 aromatic heterocycles. The molecular formula is C20H33ClN4O4. The van der Waals surface area contributed by atoms with Crippen LogP contribution in [0.3, 0.4) is 0 Å². The van der Waals surface area contributed by atoms with E-state index in [0.717, 1.165) is 0 Å². The highest BCUT2D eigenvalue weighted by Gasteiger charge is 2.17. The highest BCUT2D eigenvalue weighted by molar-refractivity contribution is 6.29. The molecule has 164 valence electrons. The predicted molar refractivity (Wildman–Crippen MR) is 117 cm³/mol. The lowest BCUT2D eigenvalue weighted by atomic mass is 9.97. The van der Waals surface area contributed by atoms with Crippen molar-refractivity contribution in [2.45, 2.75) is 27.7 Å². The molecule has 0 aliphatic heterocycles. The molecule has 0 amide bonds. The maximum Gasteiger partial charge on any atom is 0.215 e. The number of aliphatic hydroxyl groups is 3. The van der Waals surface area contributed by atoms with Crippen molar-refractivity contribution in [2.75, 3.05) is 37.9 Å². The third-order valence-electron chi connectivity index (χ3n) is 3.38. The van der Waals surface area contributed by atoms with Crippen LogP contribution in [0.15, 0.2) is 36.4 Å². The van der Waals surface area contributed by atoms with Gasteiger partial charge in [0.15, 0.2) is 0 Å². The molecule has 0 radical (unpaired) electrons. The summed E-state index contributed by atoms with van der Waals surface area (Å²) in [6.07, 6.45) is 0. The number of hydrogen-bond acceptors (Lipinski definition) is 8. The monoisotopic (exact) mass is 428 g/mol. The van der Waals surface area contributed by atoms with Gasteiger partial charge in [-0.05, 0) is 18.2 Å². The molecule has 0 aliphatic rings. The van der Waals surface area contributed by atoms with Crippen molar-refractivity contribution < 1.29 is 20.1 Å². The Labute approximate surface area is 177 Å². The number of anilines is 2. The number of rotatable bonds is 6. The molecule has 0 aromatic carbocycles. The minimum atomic E-state index is -0.306. The summed E-state index contributed by atoms with van der Waals surface area (Å²) in [4.78, 5) is 7.70. The maximum absolute atomic E-state index is 9.00. The van der Waals surface area contributed by atoms with Gasteiger partial charge in [0, 0.05) is 16.9 Å². The van der Waals surface area contributed by atoms with Gasteiger partial charge in [-0.1, -0.05) is 51.4 Å². The van der Waals surface area contributed by atoms with Crippen LogP contribution >= 0.6 is 11.6 Å². The molecule has 0 spiro atoms. The minimum absolute atomic E-state index is 0.0451. The van der Waals surface area contributed by atoms with E-state index in [4.69, 9.17) is 43.1 Å². The Hall–Kier alpha value is -2.13. The lowest BCUT2D eigenvalue weighted by Crippen LogP contribution is -2.25. The highest BCUT2D eigenvalue weighted by atomic mass is 35.5. The van der Waals surface area contributed by atoms with Crippen molar-refractivity contribution in [2.24, 2.45) is 10.8 Å². The highest BCUT2D eigenvalue weighted by Crippen LogP contribution is 2.16. The molecule has 7 N–H and O–H groups in total. The van der Waals surface area contributed by atoms with Crippen molar-refractivity contribution in [3.8, 4) is 5.88 Å². The van der Waals surface area contributed by atoms with Gasteiger partial charge in [-0.25, -0.2) is 4.98 Å². The number of ether oxygens (including phenoxy) is 1. The second-order valence-corrected chi connectivity index (χ2v) is 8.26. The average Bonchev–Trinajstić information content (AvgIpc) is 2.67. The Balaban J connectivity index is 0.000000444. The summed E-state index contributed by atoms with van der Waals surface area (Å²) in [5, 5.41) is 26.3. The quantitative estimate of drug-likeness (QED) is 0.440. The summed E-state index contributed by atoms with van der Waals surface area (Å²) in [5.74, 6) is 1.38. The first-order chi connectivity index (χ1) is 13.4. The summed E-state index contributed by atoms with van der Waals surface area (Å²) < 4.78 is 5.39. The number of hydrogen-bond donors (Lipinski definition) is 5. The Morgan fingerprint density at radius 1 is 0.828 bits per heavy atom. The van der Waals surface area contributed by atoms with Crippen molar-refractivity contribution in [3.05, 3.63) is 41.6 Å². The van der Waals surface area contributed by atoms with Crippen LogP contribution in [0.1, 0.15) is 27.7 Å². The lowest BCUT2D eigenvalue weighted by Gasteiger charge is -2.21. The van der Waals surface area contributed by atoms with Crippen molar-refractivity contribution in [3.63, 3.8) is 0 Å². The van der Waals surface area contributed by atoms with Crippen molar-refractivity contribution in [1.29, 1.82) is 0 Å². The molecular weight excluding hydrogens is 396 g/mol. The van der Waals surface area contributed by atoms with E-state index < -0.39 is 0 Å². The first-order valence-corrected chi connectivity index (χ1v) is 9.38. The van der Waals surface area contributed by atoms with Gasteiger partial charge in [0.25, 0.3) is 0 Å². The average molecular weight is 429 g/mol. The van der Waals surface area contributed by atoms with Crippen LogP contribution in [0.4, 0.5) is 11.6 Å². The molecule has 2 heterocycles. The minimum Gasteiger partial charge on any atom is -0.477 e. The van der Waals surface area contributed by atoms with Crippen LogP contribution in [0.2, 0.25) is 5.15 Å². The normalized spacial score (nSPS) is 10.9. The Morgan fingerprint density at radius 3 is 1.66 bits per heavy atom. The summed E-state index contributed by atoms with van der Waals surface area (Å²) in [5.41, 5.74) is 10.2. The third-order valence-corrected chi connectivity index (χ3v) is 3.59. The third kappa shape index (κ3) is 13.6. The molecule has 2 rings (SSSR count). The molecule has 29 heavy (non-hydrogen) atoms. The van der Waals surface area contributed by atoms with Crippen molar-refractivity contribution >= 4 is 23.2 Å². The van der Waals surface area contributed by atoms with Gasteiger partial charge in [-0.2, -0.15) is 4.98 Å². The zero-order valence-electron chi connectivity index (χ0n) is 17.5. The zero-order valence-corrected chi connectivity index (χ0v) is 18.2. The summed E-state index contributed by atoms with van der Waals surface area (Å²) in [6, 6.07) is 10.3. The van der Waals surface area contributed by atoms with E-state index in [2.05, 4.69) is 9.97 Å². The molecule has 2 aromatic rings. The fraction of sp³-hybridized carbons (Fsp3) is 0.500. The van der Waals surface area contributed by atoms with Gasteiger partial charge in [-0.15, -0.1) is 0 Å². The zero-order chi connectivity index (χ0) is 22.5. The van der Waals surface area contributed by atoms with Gasteiger partial charge < -0.3 is 31.5 Å². The molecule has 0 fully saturated rings. The number of nitrogen functional groups attached to an aromatic ring is 2. The smallest absolute Gasteiger partial charge is 0.215 e. The number of aliphatic hydroxyl groups excluding tert-OH is 3. The standard InChI is InChI=1S/C10H16N2O2.C5H5ClN2.C5H12O2/c1-10(2,6-13)7-14-9-5-3-4-8(11)12-9;6-4-2-1-3-5(7)8-4;1-5(2,3-6)4-7/h3-5,13H,6-7H2,1-2H3,(H2,11,12);1-3H,(H2,7,8);6-7H,3-4H2,1-2H3. The van der Waals surface area contributed by atoms with Gasteiger partial charge in [0.1, 0.15) is 16.8 Å². The first kappa shape index (κ1) is 26.9. The van der Waals surface area contributed by atoms with E-state index in [1.165, 1.54) is 0 Å². The summed E-state index contributed by atoms with van der Waals surface area (Å²) >= 11 is 5.45. The van der Waals surface area contributed by atoms with Gasteiger partial charge in [0.2, 0.25) is 5.88 Å². The molecule has 0 atom stereocenters. The van der Waals surface area contributed by atoms with E-state index in [-0.39, 0.29) is 30.7 Å².